The number of carbonyl (C=O) groups is 2. The molecule has 0 bridgehead atoms. The number of carbonyl (C=O) groups excluding carboxylic acids is 2. The number of hydrogen-bond acceptors (Lipinski definition) is 12. The van der Waals surface area contributed by atoms with Gasteiger partial charge in [-0.25, -0.2) is 9.59 Å². The molecule has 48 heavy (non-hydrogen) atoms. The van der Waals surface area contributed by atoms with Gasteiger partial charge in [0, 0.05) is 23.6 Å². The van der Waals surface area contributed by atoms with Gasteiger partial charge in [0.05, 0.1) is 39.9 Å². The first-order chi connectivity index (χ1) is 23.2. The SMILES string of the molecule is COc1cc([C@@H]2c3cc4c(cc3[C@H](NC(=O)OC[C@@H]3C=C[C@H](n5cc(C)c(=O)[nH]c5=O)O3)[C@H]3COC(=O)[C@H]23)OCO4)cc(OC)c1OC. The van der Waals surface area contributed by atoms with Gasteiger partial charge in [0.25, 0.3) is 5.56 Å². The largest absolute Gasteiger partial charge is 0.493 e. The molecule has 1 fully saturated rings. The summed E-state index contributed by atoms with van der Waals surface area (Å²) >= 11 is 0. The quantitative estimate of drug-likeness (QED) is 0.267. The average Bonchev–Trinajstić information content (AvgIpc) is 3.84. The number of fused-ring (bicyclic) bond motifs is 3. The fraction of sp³-hybridized carbons (Fsp3) is 0.394. The number of amides is 1. The Balaban J connectivity index is 1.16. The van der Waals surface area contributed by atoms with Crippen LogP contribution in [0, 0.1) is 18.8 Å². The third-order valence-corrected chi connectivity index (χ3v) is 9.11. The molecule has 4 heterocycles. The number of H-pyrrole nitrogens is 1. The third-order valence-electron chi connectivity index (χ3n) is 9.11. The summed E-state index contributed by atoms with van der Waals surface area (Å²) in [4.78, 5) is 53.0. The summed E-state index contributed by atoms with van der Waals surface area (Å²) in [5.41, 5.74) is 1.40. The van der Waals surface area contributed by atoms with E-state index >= 15 is 0 Å². The minimum atomic E-state index is -0.784. The number of benzene rings is 2. The number of aromatic nitrogens is 2. The van der Waals surface area contributed by atoms with Crippen molar-refractivity contribution in [2.75, 3.05) is 41.3 Å². The minimum absolute atomic E-state index is 0.0305. The number of cyclic esters (lactones) is 1. The first-order valence-corrected chi connectivity index (χ1v) is 15.2. The van der Waals surface area contributed by atoms with Gasteiger partial charge in [-0.2, -0.15) is 0 Å². The second-order valence-electron chi connectivity index (χ2n) is 11.7. The van der Waals surface area contributed by atoms with Gasteiger partial charge in [-0.15, -0.1) is 0 Å². The highest BCUT2D eigenvalue weighted by molar-refractivity contribution is 5.80. The number of nitrogens with zero attached hydrogens (tertiary/aromatic N) is 1. The normalized spacial score (nSPS) is 24.8. The molecular formula is C33H33N3O12. The van der Waals surface area contributed by atoms with Gasteiger partial charge in [0.15, 0.2) is 29.2 Å². The molecule has 1 saturated heterocycles. The van der Waals surface area contributed by atoms with Crippen molar-refractivity contribution in [1.29, 1.82) is 0 Å². The Labute approximate surface area is 273 Å². The summed E-state index contributed by atoms with van der Waals surface area (Å²) in [5, 5.41) is 2.95. The van der Waals surface area contributed by atoms with Crippen LogP contribution in [0.2, 0.25) is 0 Å². The molecule has 0 unspecified atom stereocenters. The van der Waals surface area contributed by atoms with Gasteiger partial charge in [-0.05, 0) is 54.0 Å². The Hall–Kier alpha value is -5.44. The fourth-order valence-corrected chi connectivity index (χ4v) is 6.87. The number of esters is 1. The molecule has 1 amide bonds. The molecule has 7 rings (SSSR count). The summed E-state index contributed by atoms with van der Waals surface area (Å²) in [6, 6.07) is 6.55. The first kappa shape index (κ1) is 31.2. The second-order valence-corrected chi connectivity index (χ2v) is 11.7. The zero-order valence-corrected chi connectivity index (χ0v) is 26.5. The highest BCUT2D eigenvalue weighted by atomic mass is 16.7. The van der Waals surface area contributed by atoms with Crippen molar-refractivity contribution >= 4 is 12.1 Å². The van der Waals surface area contributed by atoms with Crippen LogP contribution >= 0.6 is 0 Å². The maximum Gasteiger partial charge on any atom is 0.407 e. The van der Waals surface area contributed by atoms with Gasteiger partial charge < -0.3 is 43.2 Å². The lowest BCUT2D eigenvalue weighted by Gasteiger charge is -2.39. The van der Waals surface area contributed by atoms with E-state index < -0.39 is 59.4 Å². The summed E-state index contributed by atoms with van der Waals surface area (Å²) in [6.07, 6.45) is 2.54. The Morgan fingerprint density at radius 1 is 0.958 bits per heavy atom. The van der Waals surface area contributed by atoms with Gasteiger partial charge >= 0.3 is 17.8 Å². The third kappa shape index (κ3) is 5.29. The molecule has 15 heteroatoms. The number of ether oxygens (including phenoxy) is 8. The standard InChI is InChI=1S/C33H33N3O12/c1-15-11-36(32(39)35-30(15)37)25-6-5-17(48-25)12-45-33(40)34-28-19-10-22-21(46-14-47-22)9-18(19)26(27-20(28)13-44-31(27)38)16-7-23(41-2)29(43-4)24(8-16)42-3/h5-11,17,20,25-28H,12-14H2,1-4H3,(H,34,40)(H,35,37,39)/t17-,20-,25+,26+,27-,28-/m0/s1. The predicted molar refractivity (Wildman–Crippen MR) is 165 cm³/mol. The highest BCUT2D eigenvalue weighted by Gasteiger charge is 2.53. The van der Waals surface area contributed by atoms with Crippen molar-refractivity contribution in [3.63, 3.8) is 0 Å². The molecule has 2 N–H and O–H groups in total. The van der Waals surface area contributed by atoms with Crippen molar-refractivity contribution in [3.8, 4) is 28.7 Å². The van der Waals surface area contributed by atoms with Gasteiger partial charge in [-0.3, -0.25) is 19.1 Å². The molecule has 3 aliphatic heterocycles. The lowest BCUT2D eigenvalue weighted by Crippen LogP contribution is -2.43. The van der Waals surface area contributed by atoms with Crippen LogP contribution in [-0.4, -0.2) is 69.1 Å². The van der Waals surface area contributed by atoms with Crippen LogP contribution in [0.4, 0.5) is 4.79 Å². The van der Waals surface area contributed by atoms with Crippen molar-refractivity contribution in [1.82, 2.24) is 14.9 Å². The zero-order valence-electron chi connectivity index (χ0n) is 26.5. The van der Waals surface area contributed by atoms with E-state index in [9.17, 15) is 19.2 Å². The number of rotatable bonds is 8. The van der Waals surface area contributed by atoms with Gasteiger partial charge in [-0.1, -0.05) is 6.08 Å². The van der Waals surface area contributed by atoms with Gasteiger partial charge in [0.2, 0.25) is 12.5 Å². The van der Waals surface area contributed by atoms with E-state index in [0.29, 0.717) is 39.9 Å². The molecule has 6 atom stereocenters. The van der Waals surface area contributed by atoms with Crippen LogP contribution in [0.25, 0.3) is 0 Å². The van der Waals surface area contributed by atoms with Crippen molar-refractivity contribution in [2.45, 2.75) is 31.2 Å². The van der Waals surface area contributed by atoms with Crippen LogP contribution < -0.4 is 40.3 Å². The van der Waals surface area contributed by atoms with E-state index in [4.69, 9.17) is 37.9 Å². The number of aromatic amines is 1. The molecule has 3 aromatic rings. The molecule has 2 aromatic carbocycles. The Kier molecular flexibility index (Phi) is 7.99. The first-order valence-electron chi connectivity index (χ1n) is 15.2. The van der Waals surface area contributed by atoms with Crippen LogP contribution in [0.15, 0.2) is 52.2 Å². The van der Waals surface area contributed by atoms with Crippen LogP contribution in [-0.2, 0) is 19.0 Å². The molecule has 1 aromatic heterocycles. The van der Waals surface area contributed by atoms with E-state index in [0.717, 1.165) is 11.1 Å². The Bertz CT molecular complexity index is 1910. The van der Waals surface area contributed by atoms with E-state index in [-0.39, 0.29) is 20.0 Å². The average molecular weight is 664 g/mol. The molecule has 0 radical (unpaired) electrons. The van der Waals surface area contributed by atoms with Crippen molar-refractivity contribution in [3.05, 3.63) is 85.7 Å². The maximum absolute atomic E-state index is 13.4. The second kappa shape index (κ2) is 12.3. The summed E-state index contributed by atoms with van der Waals surface area (Å²) in [5.74, 6) is 0.177. The lowest BCUT2D eigenvalue weighted by molar-refractivity contribution is -0.141. The molecule has 1 aliphatic carbocycles. The zero-order chi connectivity index (χ0) is 33.7. The Morgan fingerprint density at radius 3 is 2.35 bits per heavy atom. The molecule has 0 spiro atoms. The van der Waals surface area contributed by atoms with E-state index in [1.807, 2.05) is 12.1 Å². The van der Waals surface area contributed by atoms with Gasteiger partial charge in [0.1, 0.15) is 12.7 Å². The van der Waals surface area contributed by atoms with Crippen LogP contribution in [0.5, 0.6) is 28.7 Å². The number of nitrogens with one attached hydrogen (secondary N) is 2. The summed E-state index contributed by atoms with van der Waals surface area (Å²) in [7, 11) is 4.55. The fourth-order valence-electron chi connectivity index (χ4n) is 6.87. The smallest absolute Gasteiger partial charge is 0.407 e. The van der Waals surface area contributed by atoms with E-state index in [2.05, 4.69) is 10.3 Å². The molecule has 252 valence electrons. The topological polar surface area (TPSA) is 175 Å². The highest BCUT2D eigenvalue weighted by Crippen LogP contribution is 2.55. The number of aryl methyl sites for hydroxylation is 1. The van der Waals surface area contributed by atoms with Crippen molar-refractivity contribution in [2.24, 2.45) is 11.8 Å². The number of hydrogen-bond donors (Lipinski definition) is 2. The molecule has 15 nitrogen and oxygen atoms in total. The monoisotopic (exact) mass is 663 g/mol. The number of methoxy groups -OCH3 is 3. The molecular weight excluding hydrogens is 630 g/mol. The molecule has 4 aliphatic rings. The Morgan fingerprint density at radius 2 is 1.67 bits per heavy atom. The number of alkyl carbamates (subject to hydrolysis) is 1. The summed E-state index contributed by atoms with van der Waals surface area (Å²) in [6.45, 7) is 1.51. The lowest BCUT2D eigenvalue weighted by atomic mass is 9.65. The minimum Gasteiger partial charge on any atom is -0.493 e. The molecule has 0 saturated carbocycles. The van der Waals surface area contributed by atoms with Crippen LogP contribution in [0.3, 0.4) is 0 Å². The van der Waals surface area contributed by atoms with E-state index in [1.54, 1.807) is 31.2 Å². The van der Waals surface area contributed by atoms with E-state index in [1.165, 1.54) is 32.1 Å². The van der Waals surface area contributed by atoms with Crippen LogP contribution in [0.1, 0.15) is 40.4 Å². The summed E-state index contributed by atoms with van der Waals surface area (Å²) < 4.78 is 46.4. The predicted octanol–water partition coefficient (Wildman–Crippen LogP) is 2.46. The maximum atomic E-state index is 13.4. The van der Waals surface area contributed by atoms with Crippen molar-refractivity contribution < 1.29 is 47.5 Å².